The first-order valence-electron chi connectivity index (χ1n) is 6.52. The molecule has 0 radical (unpaired) electrons. The molecule has 0 aliphatic carbocycles. The van der Waals surface area contributed by atoms with E-state index >= 15 is 0 Å². The van der Waals surface area contributed by atoms with Gasteiger partial charge in [0.25, 0.3) is 0 Å². The Balaban J connectivity index is 1.68. The van der Waals surface area contributed by atoms with Crippen molar-refractivity contribution in [3.8, 4) is 5.75 Å². The molecule has 0 unspecified atom stereocenters. The van der Waals surface area contributed by atoms with Crippen LogP contribution in [0, 0.1) is 0 Å². The van der Waals surface area contributed by atoms with E-state index < -0.39 is 0 Å². The number of ether oxygens (including phenoxy) is 1. The fourth-order valence-electron chi connectivity index (χ4n) is 1.61. The summed E-state index contributed by atoms with van der Waals surface area (Å²) < 4.78 is 5.12. The van der Waals surface area contributed by atoms with Gasteiger partial charge in [0.05, 0.1) is 11.5 Å². The molecule has 0 aliphatic heterocycles. The number of halogens is 1. The van der Waals surface area contributed by atoms with Crippen LogP contribution < -0.4 is 10.1 Å². The molecule has 2 aromatic rings. The lowest BCUT2D eigenvalue weighted by molar-refractivity contribution is -0.131. The minimum atomic E-state index is -0.379. The van der Waals surface area contributed by atoms with Gasteiger partial charge in [-0.1, -0.05) is 29.8 Å². The summed E-state index contributed by atoms with van der Waals surface area (Å²) in [5, 5.41) is 3.33. The second-order valence-corrected chi connectivity index (χ2v) is 5.76. The third-order valence-electron chi connectivity index (χ3n) is 2.56. The van der Waals surface area contributed by atoms with Crippen molar-refractivity contribution >= 4 is 40.9 Å². The van der Waals surface area contributed by atoms with E-state index in [2.05, 4.69) is 5.32 Å². The van der Waals surface area contributed by atoms with E-state index in [1.807, 2.05) is 6.07 Å². The molecule has 1 amide bonds. The third kappa shape index (κ3) is 5.79. The number of para-hydroxylation sites is 1. The van der Waals surface area contributed by atoms with Crippen LogP contribution in [0.3, 0.4) is 0 Å². The van der Waals surface area contributed by atoms with Gasteiger partial charge < -0.3 is 10.1 Å². The highest BCUT2D eigenvalue weighted by Crippen LogP contribution is 2.14. The molecule has 4 nitrogen and oxygen atoms in total. The van der Waals surface area contributed by atoms with Crippen LogP contribution in [-0.4, -0.2) is 23.4 Å². The predicted octanol–water partition coefficient (Wildman–Crippen LogP) is 3.62. The molecule has 0 aliphatic rings. The highest BCUT2D eigenvalue weighted by molar-refractivity contribution is 8.00. The van der Waals surface area contributed by atoms with Crippen molar-refractivity contribution in [2.24, 2.45) is 0 Å². The van der Waals surface area contributed by atoms with Crippen molar-refractivity contribution in [2.45, 2.75) is 0 Å². The number of hydrogen-bond donors (Lipinski definition) is 1. The summed E-state index contributed by atoms with van der Waals surface area (Å²) in [6.07, 6.45) is 0. The zero-order valence-corrected chi connectivity index (χ0v) is 13.2. The number of thioether (sulfide) groups is 1. The van der Waals surface area contributed by atoms with E-state index in [0.717, 1.165) is 0 Å². The van der Waals surface area contributed by atoms with Crippen molar-refractivity contribution in [1.29, 1.82) is 0 Å². The first kappa shape index (κ1) is 16.4. The summed E-state index contributed by atoms with van der Waals surface area (Å²) >= 11 is 6.96. The maximum absolute atomic E-state index is 11.7. The highest BCUT2D eigenvalue weighted by atomic mass is 35.5. The van der Waals surface area contributed by atoms with Gasteiger partial charge in [0.2, 0.25) is 5.91 Å². The van der Waals surface area contributed by atoms with Crippen LogP contribution in [0.5, 0.6) is 5.75 Å². The maximum atomic E-state index is 11.7. The first-order valence-corrected chi connectivity index (χ1v) is 8.05. The Morgan fingerprint density at radius 2 is 1.68 bits per heavy atom. The second-order valence-electron chi connectivity index (χ2n) is 4.33. The molecular formula is C16H14ClNO3S. The summed E-state index contributed by atoms with van der Waals surface area (Å²) in [6.45, 7) is 0. The number of amides is 1. The molecule has 1 N–H and O–H groups in total. The Morgan fingerprint density at radius 1 is 1.00 bits per heavy atom. The lowest BCUT2D eigenvalue weighted by Crippen LogP contribution is -2.17. The van der Waals surface area contributed by atoms with Gasteiger partial charge >= 0.3 is 5.97 Å². The number of hydrogen-bond acceptors (Lipinski definition) is 4. The van der Waals surface area contributed by atoms with Crippen LogP contribution in [0.25, 0.3) is 0 Å². The molecule has 6 heteroatoms. The zero-order chi connectivity index (χ0) is 15.8. The molecule has 2 aromatic carbocycles. The Labute approximate surface area is 137 Å². The van der Waals surface area contributed by atoms with Gasteiger partial charge in [-0.2, -0.15) is 0 Å². The fraction of sp³-hybridized carbons (Fsp3) is 0.125. The second kappa shape index (κ2) is 8.46. The topological polar surface area (TPSA) is 55.4 Å². The average molecular weight is 336 g/mol. The van der Waals surface area contributed by atoms with Crippen LogP contribution in [-0.2, 0) is 9.59 Å². The predicted molar refractivity (Wildman–Crippen MR) is 89.5 cm³/mol. The lowest BCUT2D eigenvalue weighted by atomic mass is 10.3. The monoisotopic (exact) mass is 335 g/mol. The molecule has 0 spiro atoms. The quantitative estimate of drug-likeness (QED) is 0.647. The standard InChI is InChI=1S/C16H14ClNO3S/c17-12-6-8-13(9-7-12)18-15(19)10-22-11-16(20)21-14-4-2-1-3-5-14/h1-9H,10-11H2,(H,18,19). The van der Waals surface area contributed by atoms with Crippen molar-refractivity contribution in [2.75, 3.05) is 16.8 Å². The van der Waals surface area contributed by atoms with Crippen molar-refractivity contribution in [3.63, 3.8) is 0 Å². The van der Waals surface area contributed by atoms with Crippen LogP contribution >= 0.6 is 23.4 Å². The molecule has 0 aromatic heterocycles. The summed E-state index contributed by atoms with van der Waals surface area (Å²) in [4.78, 5) is 23.3. The summed E-state index contributed by atoms with van der Waals surface area (Å²) in [5.74, 6) is 0.226. The largest absolute Gasteiger partial charge is 0.426 e. The number of anilines is 1. The number of carbonyl (C=O) groups excluding carboxylic acids is 2. The van der Waals surface area contributed by atoms with Crippen LogP contribution in [0.15, 0.2) is 54.6 Å². The number of esters is 1. The summed E-state index contributed by atoms with van der Waals surface area (Å²) in [6, 6.07) is 15.6. The maximum Gasteiger partial charge on any atom is 0.321 e. The highest BCUT2D eigenvalue weighted by Gasteiger charge is 2.08. The van der Waals surface area contributed by atoms with E-state index in [-0.39, 0.29) is 23.4 Å². The Morgan fingerprint density at radius 3 is 2.36 bits per heavy atom. The number of nitrogens with one attached hydrogen (secondary N) is 1. The van der Waals surface area contributed by atoms with E-state index in [0.29, 0.717) is 16.5 Å². The molecule has 0 saturated carbocycles. The third-order valence-corrected chi connectivity index (χ3v) is 3.71. The van der Waals surface area contributed by atoms with Gasteiger partial charge in [0.1, 0.15) is 5.75 Å². The van der Waals surface area contributed by atoms with E-state index in [9.17, 15) is 9.59 Å². The van der Waals surface area contributed by atoms with Crippen LogP contribution in [0.1, 0.15) is 0 Å². The van der Waals surface area contributed by atoms with Crippen molar-refractivity contribution in [1.82, 2.24) is 0 Å². The summed E-state index contributed by atoms with van der Waals surface area (Å²) in [5.41, 5.74) is 0.668. The normalized spacial score (nSPS) is 10.0. The molecule has 0 atom stereocenters. The van der Waals surface area contributed by atoms with E-state index in [1.54, 1.807) is 48.5 Å². The van der Waals surface area contributed by atoms with Crippen LogP contribution in [0.2, 0.25) is 5.02 Å². The van der Waals surface area contributed by atoms with Crippen molar-refractivity contribution in [3.05, 3.63) is 59.6 Å². The molecule has 114 valence electrons. The Kier molecular flexibility index (Phi) is 6.30. The van der Waals surface area contributed by atoms with Crippen molar-refractivity contribution < 1.29 is 14.3 Å². The first-order chi connectivity index (χ1) is 10.6. The van der Waals surface area contributed by atoms with Gasteiger partial charge in [-0.3, -0.25) is 9.59 Å². The lowest BCUT2D eigenvalue weighted by Gasteiger charge is -2.06. The molecule has 0 bridgehead atoms. The SMILES string of the molecule is O=C(CSCC(=O)Oc1ccccc1)Nc1ccc(Cl)cc1. The van der Waals surface area contributed by atoms with E-state index in [1.165, 1.54) is 11.8 Å². The number of rotatable bonds is 6. The average Bonchev–Trinajstić information content (AvgIpc) is 2.50. The Bertz CT molecular complexity index is 632. The summed E-state index contributed by atoms with van der Waals surface area (Å²) in [7, 11) is 0. The van der Waals surface area contributed by atoms with Gasteiger partial charge in [-0.15, -0.1) is 11.8 Å². The van der Waals surface area contributed by atoms with E-state index in [4.69, 9.17) is 16.3 Å². The van der Waals surface area contributed by atoms with Gasteiger partial charge in [0, 0.05) is 10.7 Å². The van der Waals surface area contributed by atoms with Gasteiger partial charge in [-0.05, 0) is 36.4 Å². The molecule has 2 rings (SSSR count). The minimum absolute atomic E-state index is 0.114. The molecule has 0 fully saturated rings. The molecule has 0 heterocycles. The molecule has 22 heavy (non-hydrogen) atoms. The van der Waals surface area contributed by atoms with Gasteiger partial charge in [0.15, 0.2) is 0 Å². The molecular weight excluding hydrogens is 322 g/mol. The molecule has 0 saturated heterocycles. The number of carbonyl (C=O) groups is 2. The fourth-order valence-corrected chi connectivity index (χ4v) is 2.32. The zero-order valence-electron chi connectivity index (χ0n) is 11.6. The van der Waals surface area contributed by atoms with Crippen LogP contribution in [0.4, 0.5) is 5.69 Å². The number of benzene rings is 2. The minimum Gasteiger partial charge on any atom is -0.426 e. The van der Waals surface area contributed by atoms with Gasteiger partial charge in [-0.25, -0.2) is 0 Å². The Hall–Kier alpha value is -1.98. The smallest absolute Gasteiger partial charge is 0.321 e.